The summed E-state index contributed by atoms with van der Waals surface area (Å²) in [4.78, 5) is 11.7. The predicted molar refractivity (Wildman–Crippen MR) is 95.6 cm³/mol. The molecule has 0 aliphatic carbocycles. The van der Waals surface area contributed by atoms with Crippen LogP contribution in [0.3, 0.4) is 0 Å². The highest BCUT2D eigenvalue weighted by molar-refractivity contribution is 5.88. The van der Waals surface area contributed by atoms with Crippen LogP contribution in [0.1, 0.15) is 16.7 Å². The van der Waals surface area contributed by atoms with Gasteiger partial charge in [0.05, 0.1) is 0 Å². The van der Waals surface area contributed by atoms with E-state index in [1.54, 1.807) is 0 Å². The van der Waals surface area contributed by atoms with Crippen molar-refractivity contribution in [2.24, 2.45) is 0 Å². The third-order valence-corrected chi connectivity index (χ3v) is 4.42. The Bertz CT molecular complexity index is 878. The average molecular weight is 320 g/mol. The number of benzene rings is 3. The molecule has 3 aromatic carbocycles. The van der Waals surface area contributed by atoms with Crippen LogP contribution in [-0.4, -0.2) is 17.2 Å². The second kappa shape index (κ2) is 6.75. The molecule has 0 fully saturated rings. The fraction of sp³-hybridized carbons (Fsp3) is 0.190. The van der Waals surface area contributed by atoms with E-state index in [4.69, 9.17) is 4.74 Å². The Morgan fingerprint density at radius 1 is 1.00 bits per heavy atom. The molecular weight excluding hydrogens is 300 g/mol. The summed E-state index contributed by atoms with van der Waals surface area (Å²) in [5, 5.41) is 11.6. The number of carboxylic acids is 1. The maximum Gasteiger partial charge on any atom is 0.345 e. The molecular formula is C21H20O3. The van der Waals surface area contributed by atoms with Crippen LogP contribution >= 0.6 is 0 Å². The maximum atomic E-state index is 11.7. The molecule has 1 atom stereocenters. The minimum atomic E-state index is -0.955. The van der Waals surface area contributed by atoms with Gasteiger partial charge in [0.1, 0.15) is 5.75 Å². The van der Waals surface area contributed by atoms with Crippen LogP contribution in [0.4, 0.5) is 0 Å². The second-order valence-corrected chi connectivity index (χ2v) is 5.99. The van der Waals surface area contributed by atoms with Crippen molar-refractivity contribution in [3.63, 3.8) is 0 Å². The van der Waals surface area contributed by atoms with E-state index in [9.17, 15) is 9.90 Å². The van der Waals surface area contributed by atoms with Gasteiger partial charge in [-0.2, -0.15) is 0 Å². The zero-order valence-electron chi connectivity index (χ0n) is 13.8. The highest BCUT2D eigenvalue weighted by Crippen LogP contribution is 2.27. The molecule has 0 aliphatic rings. The molecule has 0 amide bonds. The van der Waals surface area contributed by atoms with Crippen LogP contribution in [0, 0.1) is 13.8 Å². The number of carbonyl (C=O) groups is 1. The van der Waals surface area contributed by atoms with Crippen LogP contribution in [-0.2, 0) is 11.2 Å². The van der Waals surface area contributed by atoms with Gasteiger partial charge in [-0.05, 0) is 42.0 Å². The Labute approximate surface area is 141 Å². The van der Waals surface area contributed by atoms with Gasteiger partial charge in [0.15, 0.2) is 6.10 Å². The lowest BCUT2D eigenvalue weighted by atomic mass is 9.98. The van der Waals surface area contributed by atoms with Gasteiger partial charge in [-0.3, -0.25) is 0 Å². The van der Waals surface area contributed by atoms with Crippen molar-refractivity contribution in [2.45, 2.75) is 26.4 Å². The number of aryl methyl sites for hydroxylation is 1. The van der Waals surface area contributed by atoms with E-state index in [0.29, 0.717) is 12.2 Å². The van der Waals surface area contributed by atoms with Crippen molar-refractivity contribution < 1.29 is 14.6 Å². The normalized spacial score (nSPS) is 12.1. The van der Waals surface area contributed by atoms with Gasteiger partial charge in [0.25, 0.3) is 0 Å². The first-order valence-electron chi connectivity index (χ1n) is 7.98. The van der Waals surface area contributed by atoms with E-state index >= 15 is 0 Å². The van der Waals surface area contributed by atoms with E-state index in [0.717, 1.165) is 27.5 Å². The van der Waals surface area contributed by atoms with Gasteiger partial charge in [-0.15, -0.1) is 0 Å². The van der Waals surface area contributed by atoms with E-state index in [1.807, 2.05) is 74.5 Å². The monoisotopic (exact) mass is 320 g/mol. The van der Waals surface area contributed by atoms with Gasteiger partial charge >= 0.3 is 5.97 Å². The number of ether oxygens (including phenoxy) is 1. The second-order valence-electron chi connectivity index (χ2n) is 5.99. The van der Waals surface area contributed by atoms with Gasteiger partial charge in [-0.25, -0.2) is 4.79 Å². The van der Waals surface area contributed by atoms with Crippen molar-refractivity contribution in [3.8, 4) is 5.75 Å². The zero-order valence-corrected chi connectivity index (χ0v) is 13.8. The molecule has 0 saturated heterocycles. The van der Waals surface area contributed by atoms with Crippen LogP contribution < -0.4 is 4.74 Å². The number of carboxylic acid groups (broad SMARTS) is 1. The molecule has 122 valence electrons. The lowest BCUT2D eigenvalue weighted by Crippen LogP contribution is -2.29. The van der Waals surface area contributed by atoms with Crippen LogP contribution in [0.15, 0.2) is 60.7 Å². The SMILES string of the molecule is Cc1cccc(C[C@@H](Oc2cccc3ccccc23)C(=O)O)c1C. The summed E-state index contributed by atoms with van der Waals surface area (Å²) in [6.45, 7) is 4.04. The molecule has 0 aliphatic heterocycles. The lowest BCUT2D eigenvalue weighted by Gasteiger charge is -2.18. The minimum Gasteiger partial charge on any atom is -0.478 e. The highest BCUT2D eigenvalue weighted by atomic mass is 16.5. The van der Waals surface area contributed by atoms with Crippen molar-refractivity contribution >= 4 is 16.7 Å². The highest BCUT2D eigenvalue weighted by Gasteiger charge is 2.22. The molecule has 3 rings (SSSR count). The lowest BCUT2D eigenvalue weighted by molar-refractivity contribution is -0.144. The predicted octanol–water partition coefficient (Wildman–Crippen LogP) is 4.53. The summed E-state index contributed by atoms with van der Waals surface area (Å²) in [5.41, 5.74) is 3.27. The fourth-order valence-electron chi connectivity index (χ4n) is 2.86. The first kappa shape index (κ1) is 16.1. The molecule has 0 radical (unpaired) electrons. The minimum absolute atomic E-state index is 0.339. The number of aliphatic carboxylic acids is 1. The Morgan fingerprint density at radius 3 is 2.50 bits per heavy atom. The largest absolute Gasteiger partial charge is 0.478 e. The van der Waals surface area contributed by atoms with E-state index in [-0.39, 0.29) is 0 Å². The smallest absolute Gasteiger partial charge is 0.345 e. The number of hydrogen-bond acceptors (Lipinski definition) is 2. The van der Waals surface area contributed by atoms with Gasteiger partial charge in [0.2, 0.25) is 0 Å². The molecule has 0 spiro atoms. The number of fused-ring (bicyclic) bond motifs is 1. The first-order valence-corrected chi connectivity index (χ1v) is 7.98. The summed E-state index contributed by atoms with van der Waals surface area (Å²) in [5.74, 6) is -0.352. The van der Waals surface area contributed by atoms with Crippen LogP contribution in [0.5, 0.6) is 5.75 Å². The molecule has 0 unspecified atom stereocenters. The van der Waals surface area contributed by atoms with E-state index in [1.165, 1.54) is 0 Å². The summed E-state index contributed by atoms with van der Waals surface area (Å²) >= 11 is 0. The number of hydrogen-bond donors (Lipinski definition) is 1. The molecule has 3 nitrogen and oxygen atoms in total. The molecule has 0 heterocycles. The van der Waals surface area contributed by atoms with Gasteiger partial charge in [0, 0.05) is 11.8 Å². The Hall–Kier alpha value is -2.81. The zero-order chi connectivity index (χ0) is 17.1. The molecule has 3 heteroatoms. The quantitative estimate of drug-likeness (QED) is 0.751. The molecule has 0 aromatic heterocycles. The molecule has 1 N–H and O–H groups in total. The summed E-state index contributed by atoms with van der Waals surface area (Å²) < 4.78 is 5.89. The standard InChI is InChI=1S/C21H20O3/c1-14-7-5-10-17(15(14)2)13-20(21(22)23)24-19-12-6-9-16-8-3-4-11-18(16)19/h3-12,20H,13H2,1-2H3,(H,22,23)/t20-/m1/s1. The summed E-state index contributed by atoms with van der Waals surface area (Å²) in [7, 11) is 0. The van der Waals surface area contributed by atoms with Crippen LogP contribution in [0.2, 0.25) is 0 Å². The number of rotatable bonds is 5. The maximum absolute atomic E-state index is 11.7. The van der Waals surface area contributed by atoms with Crippen LogP contribution in [0.25, 0.3) is 10.8 Å². The molecule has 0 bridgehead atoms. The van der Waals surface area contributed by atoms with E-state index < -0.39 is 12.1 Å². The van der Waals surface area contributed by atoms with Gasteiger partial charge < -0.3 is 9.84 Å². The van der Waals surface area contributed by atoms with Gasteiger partial charge in [-0.1, -0.05) is 54.6 Å². The van der Waals surface area contributed by atoms with E-state index in [2.05, 4.69) is 0 Å². The Kier molecular flexibility index (Phi) is 4.52. The Morgan fingerprint density at radius 2 is 1.71 bits per heavy atom. The summed E-state index contributed by atoms with van der Waals surface area (Å²) in [6, 6.07) is 19.5. The van der Waals surface area contributed by atoms with Crippen molar-refractivity contribution in [2.75, 3.05) is 0 Å². The summed E-state index contributed by atoms with van der Waals surface area (Å²) in [6.07, 6.45) is -0.581. The average Bonchev–Trinajstić information content (AvgIpc) is 2.58. The Balaban J connectivity index is 1.92. The topological polar surface area (TPSA) is 46.5 Å². The molecule has 3 aromatic rings. The van der Waals surface area contributed by atoms with Crippen molar-refractivity contribution in [1.29, 1.82) is 0 Å². The first-order chi connectivity index (χ1) is 11.6. The third-order valence-electron chi connectivity index (χ3n) is 4.42. The van der Waals surface area contributed by atoms with Crippen molar-refractivity contribution in [1.82, 2.24) is 0 Å². The third kappa shape index (κ3) is 3.25. The van der Waals surface area contributed by atoms with Crippen molar-refractivity contribution in [3.05, 3.63) is 77.4 Å². The fourth-order valence-corrected chi connectivity index (χ4v) is 2.86. The molecule has 0 saturated carbocycles. The molecule has 24 heavy (non-hydrogen) atoms.